The summed E-state index contributed by atoms with van der Waals surface area (Å²) in [6.45, 7) is 0.975. The minimum absolute atomic E-state index is 0.00365. The monoisotopic (exact) mass is 562 g/mol. The van der Waals surface area contributed by atoms with Crippen LogP contribution in [0.4, 0.5) is 0 Å². The van der Waals surface area contributed by atoms with Crippen molar-refractivity contribution in [3.8, 4) is 5.75 Å². The summed E-state index contributed by atoms with van der Waals surface area (Å²) >= 11 is 4.19. The smallest absolute Gasteiger partial charge is 0.342 e. The van der Waals surface area contributed by atoms with Crippen LogP contribution in [0.1, 0.15) is 28.8 Å². The maximum atomic E-state index is 13.0. The molecule has 1 aliphatic heterocycles. The minimum Gasteiger partial charge on any atom is -0.506 e. The molecule has 1 heterocycles. The zero-order valence-electron chi connectivity index (χ0n) is 13.4. The van der Waals surface area contributed by atoms with Gasteiger partial charge < -0.3 is 15.2 Å². The van der Waals surface area contributed by atoms with Crippen molar-refractivity contribution in [2.75, 3.05) is 6.54 Å². The van der Waals surface area contributed by atoms with E-state index in [0.717, 1.165) is 28.5 Å². The number of carbonyl (C=O) groups excluding carboxylic acids is 1. The second-order valence-electron chi connectivity index (χ2n) is 6.80. The first kappa shape index (κ1) is 17.5. The van der Waals surface area contributed by atoms with Gasteiger partial charge in [-0.15, -0.1) is 0 Å². The van der Waals surface area contributed by atoms with Crippen molar-refractivity contribution in [3.05, 3.63) is 60.7 Å². The molecular formula is C19H18I2NO3+. The molecule has 2 aliphatic rings. The van der Waals surface area contributed by atoms with Crippen molar-refractivity contribution in [1.29, 1.82) is 0 Å². The molecule has 3 atom stereocenters. The molecule has 0 radical (unpaired) electrons. The molecule has 3 unspecified atom stereocenters. The van der Waals surface area contributed by atoms with E-state index < -0.39 is 11.6 Å². The first-order valence-electron chi connectivity index (χ1n) is 8.30. The summed E-state index contributed by atoms with van der Waals surface area (Å²) in [5.41, 5.74) is 0.721. The van der Waals surface area contributed by atoms with Crippen molar-refractivity contribution in [2.45, 2.75) is 24.5 Å². The Balaban J connectivity index is 1.72. The lowest BCUT2D eigenvalue weighted by Gasteiger charge is -2.36. The number of quaternary nitrogens is 1. The highest BCUT2D eigenvalue weighted by Gasteiger charge is 2.58. The molecule has 0 amide bonds. The number of benzene rings is 2. The number of nitrogens with two attached hydrogens (primary N) is 1. The summed E-state index contributed by atoms with van der Waals surface area (Å²) in [5, 5.41) is 12.7. The van der Waals surface area contributed by atoms with Crippen LogP contribution in [0, 0.1) is 13.1 Å². The summed E-state index contributed by atoms with van der Waals surface area (Å²) in [5.74, 6) is -0.123. The average Bonchev–Trinajstić information content (AvgIpc) is 3.20. The van der Waals surface area contributed by atoms with Crippen molar-refractivity contribution < 1.29 is 20.0 Å². The summed E-state index contributed by atoms with van der Waals surface area (Å²) in [6, 6.07) is 14.1. The highest BCUT2D eigenvalue weighted by Crippen LogP contribution is 2.48. The zero-order chi connectivity index (χ0) is 17.6. The van der Waals surface area contributed by atoms with Crippen molar-refractivity contribution in [1.82, 2.24) is 0 Å². The van der Waals surface area contributed by atoms with Crippen LogP contribution < -0.4 is 5.32 Å². The predicted molar refractivity (Wildman–Crippen MR) is 110 cm³/mol. The van der Waals surface area contributed by atoms with E-state index >= 15 is 0 Å². The van der Waals surface area contributed by atoms with Gasteiger partial charge in [-0.1, -0.05) is 30.3 Å². The van der Waals surface area contributed by atoms with Crippen LogP contribution >= 0.6 is 45.2 Å². The molecule has 25 heavy (non-hydrogen) atoms. The van der Waals surface area contributed by atoms with E-state index in [1.807, 2.05) is 59.0 Å². The summed E-state index contributed by atoms with van der Waals surface area (Å²) in [6.07, 6.45) is 1.90. The van der Waals surface area contributed by atoms with Gasteiger partial charge in [-0.25, -0.2) is 4.79 Å². The lowest BCUT2D eigenvalue weighted by molar-refractivity contribution is -0.682. The fraction of sp³-hybridized carbons (Fsp3) is 0.316. The van der Waals surface area contributed by atoms with Gasteiger partial charge >= 0.3 is 5.97 Å². The molecule has 1 saturated heterocycles. The van der Waals surface area contributed by atoms with Crippen LogP contribution in [-0.4, -0.2) is 23.7 Å². The number of phenols is 1. The Morgan fingerprint density at radius 3 is 2.64 bits per heavy atom. The SMILES string of the molecule is O=C(OC1(c2ccccc2)CC2CC1C[NH2+]2)c1cc(I)cc(I)c1O. The second-order valence-corrected chi connectivity index (χ2v) is 9.20. The number of piperidine rings is 1. The highest BCUT2D eigenvalue weighted by atomic mass is 127. The highest BCUT2D eigenvalue weighted by molar-refractivity contribution is 14.1. The zero-order valence-corrected chi connectivity index (χ0v) is 17.7. The van der Waals surface area contributed by atoms with Gasteiger partial charge in [0, 0.05) is 16.4 Å². The molecule has 0 aromatic heterocycles. The van der Waals surface area contributed by atoms with E-state index in [9.17, 15) is 9.90 Å². The van der Waals surface area contributed by atoms with Crippen molar-refractivity contribution >= 4 is 51.2 Å². The number of phenolic OH excluding ortho intramolecular Hbond substituents is 1. The van der Waals surface area contributed by atoms with Gasteiger partial charge in [0.15, 0.2) is 5.60 Å². The Hall–Kier alpha value is -0.870. The molecule has 0 spiro atoms. The number of ether oxygens (including phenoxy) is 1. The molecule has 1 saturated carbocycles. The summed E-state index contributed by atoms with van der Waals surface area (Å²) in [7, 11) is 0. The summed E-state index contributed by atoms with van der Waals surface area (Å²) < 4.78 is 7.73. The van der Waals surface area contributed by atoms with E-state index in [0.29, 0.717) is 15.5 Å². The van der Waals surface area contributed by atoms with Gasteiger partial charge in [-0.2, -0.15) is 0 Å². The van der Waals surface area contributed by atoms with E-state index in [2.05, 4.69) is 27.9 Å². The van der Waals surface area contributed by atoms with Crippen LogP contribution in [0.15, 0.2) is 42.5 Å². The number of esters is 1. The molecule has 130 valence electrons. The average molecular weight is 562 g/mol. The molecule has 6 heteroatoms. The second kappa shape index (κ2) is 6.70. The normalized spacial score (nSPS) is 27.4. The molecule has 2 aromatic rings. The fourth-order valence-corrected chi connectivity index (χ4v) is 6.06. The lowest BCUT2D eigenvalue weighted by atomic mass is 9.82. The van der Waals surface area contributed by atoms with Crippen LogP contribution in [0.2, 0.25) is 0 Å². The van der Waals surface area contributed by atoms with E-state index in [4.69, 9.17) is 4.74 Å². The van der Waals surface area contributed by atoms with E-state index in [1.54, 1.807) is 6.07 Å². The van der Waals surface area contributed by atoms with Gasteiger partial charge in [0.25, 0.3) is 0 Å². The topological polar surface area (TPSA) is 63.1 Å². The molecule has 4 rings (SSSR count). The van der Waals surface area contributed by atoms with E-state index in [-0.39, 0.29) is 11.3 Å². The molecule has 1 aliphatic carbocycles. The van der Waals surface area contributed by atoms with Crippen molar-refractivity contribution in [2.24, 2.45) is 5.92 Å². The maximum absolute atomic E-state index is 13.0. The summed E-state index contributed by atoms with van der Waals surface area (Å²) in [4.78, 5) is 13.0. The lowest BCUT2D eigenvalue weighted by Crippen LogP contribution is -2.89. The number of carbonyl (C=O) groups is 1. The number of rotatable bonds is 3. The Morgan fingerprint density at radius 2 is 2.00 bits per heavy atom. The Labute approximate surface area is 173 Å². The number of fused-ring (bicyclic) bond motifs is 2. The number of halogens is 2. The third kappa shape index (κ3) is 3.06. The Bertz CT molecular complexity index is 827. The van der Waals surface area contributed by atoms with Crippen molar-refractivity contribution in [3.63, 3.8) is 0 Å². The molecule has 3 N–H and O–H groups in total. The van der Waals surface area contributed by atoms with Gasteiger partial charge in [0.05, 0.1) is 22.1 Å². The maximum Gasteiger partial charge on any atom is 0.342 e. The molecule has 2 fully saturated rings. The standard InChI is InChI=1S/C19H17I2NO3/c20-13-7-15(17(23)16(21)8-13)18(24)25-19(11-4-2-1-3-5-11)9-14-6-12(19)10-22-14/h1-5,7-8,12,14,22-23H,6,9-10H2/p+1. The van der Waals surface area contributed by atoms with Crippen LogP contribution in [0.3, 0.4) is 0 Å². The van der Waals surface area contributed by atoms with Crippen LogP contribution in [0.5, 0.6) is 5.75 Å². The number of aromatic hydroxyl groups is 1. The van der Waals surface area contributed by atoms with Gasteiger partial charge in [-0.05, 0) is 62.9 Å². The predicted octanol–water partition coefficient (Wildman–Crippen LogP) is 3.01. The molecule has 2 bridgehead atoms. The molecule has 4 nitrogen and oxygen atoms in total. The largest absolute Gasteiger partial charge is 0.506 e. The quantitative estimate of drug-likeness (QED) is 0.447. The van der Waals surface area contributed by atoms with Gasteiger partial charge in [-0.3, -0.25) is 0 Å². The molecule has 2 aromatic carbocycles. The van der Waals surface area contributed by atoms with Crippen LogP contribution in [-0.2, 0) is 10.3 Å². The Morgan fingerprint density at radius 1 is 1.24 bits per heavy atom. The first-order valence-corrected chi connectivity index (χ1v) is 10.5. The third-order valence-corrected chi connectivity index (χ3v) is 6.80. The number of hydrogen-bond acceptors (Lipinski definition) is 3. The number of hydrogen-bond donors (Lipinski definition) is 2. The van der Waals surface area contributed by atoms with Gasteiger partial charge in [0.2, 0.25) is 0 Å². The van der Waals surface area contributed by atoms with E-state index in [1.165, 1.54) is 0 Å². The fourth-order valence-electron chi connectivity index (χ4n) is 4.22. The third-order valence-electron chi connectivity index (χ3n) is 5.35. The van der Waals surface area contributed by atoms with Gasteiger partial charge in [0.1, 0.15) is 11.3 Å². The minimum atomic E-state index is -0.586. The molecular weight excluding hydrogens is 544 g/mol. The first-order chi connectivity index (χ1) is 12.0. The Kier molecular flexibility index (Phi) is 4.70. The van der Waals surface area contributed by atoms with Crippen LogP contribution in [0.25, 0.3) is 0 Å².